The van der Waals surface area contributed by atoms with Gasteiger partial charge in [-0.25, -0.2) is 4.57 Å². The highest BCUT2D eigenvalue weighted by Gasteiger charge is 2.20. The van der Waals surface area contributed by atoms with Crippen LogP contribution in [-0.4, -0.2) is 27.5 Å². The molecule has 1 aromatic heterocycles. The number of benzene rings is 2. The van der Waals surface area contributed by atoms with Crippen molar-refractivity contribution >= 4 is 31.1 Å². The van der Waals surface area contributed by atoms with E-state index in [-0.39, 0.29) is 5.75 Å². The molecule has 0 saturated carbocycles. The Morgan fingerprint density at radius 1 is 1.11 bits per heavy atom. The summed E-state index contributed by atoms with van der Waals surface area (Å²) in [6, 6.07) is 9.37. The quantitative estimate of drug-likeness (QED) is 0.400. The minimum atomic E-state index is -4.66. The van der Waals surface area contributed by atoms with Gasteiger partial charge in [-0.05, 0) is 72.1 Å². The van der Waals surface area contributed by atoms with Crippen molar-refractivity contribution in [2.24, 2.45) is 0 Å². The molecule has 2 N–H and O–H groups in total. The van der Waals surface area contributed by atoms with Gasteiger partial charge in [0.25, 0.3) is 0 Å². The van der Waals surface area contributed by atoms with Crippen LogP contribution in [0.2, 0.25) is 0 Å². The van der Waals surface area contributed by atoms with Crippen LogP contribution in [0.1, 0.15) is 11.1 Å². The first-order valence-corrected chi connectivity index (χ1v) is 11.8. The maximum atomic E-state index is 11.3. The van der Waals surface area contributed by atoms with Crippen molar-refractivity contribution in [2.45, 2.75) is 18.7 Å². The van der Waals surface area contributed by atoms with E-state index < -0.39 is 7.82 Å². The normalized spacial score (nSPS) is 11.5. The Balaban J connectivity index is 2.11. The third kappa shape index (κ3) is 4.42. The zero-order valence-electron chi connectivity index (χ0n) is 15.8. The van der Waals surface area contributed by atoms with Gasteiger partial charge in [-0.1, -0.05) is 12.1 Å². The van der Waals surface area contributed by atoms with Crippen molar-refractivity contribution in [3.05, 3.63) is 47.7 Å². The molecule has 0 bridgehead atoms. The maximum absolute atomic E-state index is 11.3. The van der Waals surface area contributed by atoms with E-state index in [1.54, 1.807) is 25.4 Å². The lowest BCUT2D eigenvalue weighted by Gasteiger charge is -2.13. The lowest BCUT2D eigenvalue weighted by atomic mass is 9.99. The fourth-order valence-electron chi connectivity index (χ4n) is 2.87. The predicted octanol–water partition coefficient (Wildman–Crippen LogP) is 5.30. The van der Waals surface area contributed by atoms with Crippen LogP contribution in [0.4, 0.5) is 0 Å². The van der Waals surface area contributed by atoms with E-state index >= 15 is 0 Å². The van der Waals surface area contributed by atoms with Crippen LogP contribution in [0.5, 0.6) is 11.5 Å². The molecule has 3 rings (SSSR count). The van der Waals surface area contributed by atoms with Gasteiger partial charge in [0.15, 0.2) is 0 Å². The zero-order valence-corrected chi connectivity index (χ0v) is 18.3. The van der Waals surface area contributed by atoms with Gasteiger partial charge in [-0.2, -0.15) is 4.37 Å². The van der Waals surface area contributed by atoms with Crippen LogP contribution in [-0.2, 0) is 4.57 Å². The molecule has 148 valence electrons. The van der Waals surface area contributed by atoms with E-state index in [2.05, 4.69) is 10.4 Å². The van der Waals surface area contributed by atoms with Gasteiger partial charge < -0.3 is 9.26 Å². The Labute approximate surface area is 171 Å². The molecule has 0 spiro atoms. The van der Waals surface area contributed by atoms with Crippen LogP contribution >= 0.6 is 31.1 Å². The molecule has 0 aliphatic rings. The summed E-state index contributed by atoms with van der Waals surface area (Å²) in [4.78, 5) is 20.0. The summed E-state index contributed by atoms with van der Waals surface area (Å²) in [6.45, 7) is 4.04. The number of rotatable bonds is 6. The second kappa shape index (κ2) is 8.27. The molecule has 0 radical (unpaired) electrons. The van der Waals surface area contributed by atoms with Gasteiger partial charge in [0.1, 0.15) is 11.5 Å². The molecule has 0 amide bonds. The SMILES string of the molecule is COc1cc(-c2sncc2-c2ccc(SC)c(OP(=O)(O)O)c2)cc(C)c1C. The minimum absolute atomic E-state index is 0.146. The Morgan fingerprint density at radius 3 is 2.46 bits per heavy atom. The first kappa shape index (κ1) is 20.9. The molecule has 28 heavy (non-hydrogen) atoms. The fourth-order valence-corrected chi connectivity index (χ4v) is 4.60. The highest BCUT2D eigenvalue weighted by Crippen LogP contribution is 2.45. The second-order valence-corrected chi connectivity index (χ2v) is 8.95. The van der Waals surface area contributed by atoms with Gasteiger partial charge in [-0.3, -0.25) is 9.79 Å². The standard InChI is InChI=1S/C19H20NO5PS2/c1-11-7-14(9-16(24-3)12(11)2)19-15(10-20-28-19)13-5-6-18(27-4)17(8-13)25-26(21,22)23/h5-10H,1-4H3,(H2,21,22,23). The van der Waals surface area contributed by atoms with Crippen LogP contribution in [0.15, 0.2) is 41.4 Å². The number of thioether (sulfide) groups is 1. The van der Waals surface area contributed by atoms with Crippen LogP contribution in [0.3, 0.4) is 0 Å². The molecular weight excluding hydrogens is 417 g/mol. The van der Waals surface area contributed by atoms with Crippen molar-refractivity contribution in [1.29, 1.82) is 0 Å². The molecule has 6 nitrogen and oxygen atoms in total. The van der Waals surface area contributed by atoms with Crippen molar-refractivity contribution in [2.75, 3.05) is 13.4 Å². The Morgan fingerprint density at radius 2 is 1.82 bits per heavy atom. The van der Waals surface area contributed by atoms with Gasteiger partial charge in [0, 0.05) is 16.7 Å². The number of hydrogen-bond donors (Lipinski definition) is 2. The van der Waals surface area contributed by atoms with Gasteiger partial charge in [0.05, 0.1) is 12.0 Å². The summed E-state index contributed by atoms with van der Waals surface area (Å²) in [5, 5.41) is 0. The number of ether oxygens (including phenoxy) is 1. The van der Waals surface area contributed by atoms with E-state index in [0.29, 0.717) is 4.90 Å². The van der Waals surface area contributed by atoms with E-state index in [9.17, 15) is 14.4 Å². The average Bonchev–Trinajstić information content (AvgIpc) is 3.12. The van der Waals surface area contributed by atoms with E-state index in [1.807, 2.05) is 32.2 Å². The summed E-state index contributed by atoms with van der Waals surface area (Å²) in [7, 11) is -3.02. The van der Waals surface area contributed by atoms with E-state index in [0.717, 1.165) is 38.4 Å². The third-order valence-electron chi connectivity index (χ3n) is 4.36. The minimum Gasteiger partial charge on any atom is -0.496 e. The first-order valence-electron chi connectivity index (χ1n) is 8.27. The van der Waals surface area contributed by atoms with E-state index in [4.69, 9.17) is 9.26 Å². The Hall–Kier alpha value is -1.83. The number of hydrogen-bond acceptors (Lipinski definition) is 6. The smallest absolute Gasteiger partial charge is 0.496 e. The second-order valence-electron chi connectivity index (χ2n) is 6.14. The number of phosphoric ester groups is 1. The monoisotopic (exact) mass is 437 g/mol. The fraction of sp³-hybridized carbons (Fsp3) is 0.211. The summed E-state index contributed by atoms with van der Waals surface area (Å²) in [6.07, 6.45) is 3.57. The molecular formula is C19H20NO5PS2. The van der Waals surface area contributed by atoms with Crippen LogP contribution in [0.25, 0.3) is 21.6 Å². The number of aromatic nitrogens is 1. The molecule has 0 unspecified atom stereocenters. The average molecular weight is 437 g/mol. The first-order chi connectivity index (χ1) is 13.2. The lowest BCUT2D eigenvalue weighted by molar-refractivity contribution is 0.281. The van der Waals surface area contributed by atoms with E-state index in [1.165, 1.54) is 23.3 Å². The maximum Gasteiger partial charge on any atom is 0.524 e. The molecule has 0 saturated heterocycles. The molecule has 2 aromatic carbocycles. The van der Waals surface area contributed by atoms with Crippen molar-refractivity contribution < 1.29 is 23.6 Å². The zero-order chi connectivity index (χ0) is 20.5. The number of phosphoric acid groups is 1. The summed E-state index contributed by atoms with van der Waals surface area (Å²) in [5.41, 5.74) is 4.79. The molecule has 0 aliphatic heterocycles. The highest BCUT2D eigenvalue weighted by atomic mass is 32.2. The topological polar surface area (TPSA) is 88.9 Å². The number of nitrogens with zero attached hydrogens (tertiary/aromatic N) is 1. The summed E-state index contributed by atoms with van der Waals surface area (Å²) < 4.78 is 26.0. The van der Waals surface area contributed by atoms with Crippen LogP contribution in [0, 0.1) is 13.8 Å². The highest BCUT2D eigenvalue weighted by molar-refractivity contribution is 7.98. The largest absolute Gasteiger partial charge is 0.524 e. The van der Waals surface area contributed by atoms with Gasteiger partial charge >= 0.3 is 7.82 Å². The number of aryl methyl sites for hydroxylation is 1. The molecule has 1 heterocycles. The van der Waals surface area contributed by atoms with Gasteiger partial charge in [0.2, 0.25) is 0 Å². The molecule has 9 heteroatoms. The van der Waals surface area contributed by atoms with Crippen LogP contribution < -0.4 is 9.26 Å². The predicted molar refractivity (Wildman–Crippen MR) is 113 cm³/mol. The number of methoxy groups -OCH3 is 1. The summed E-state index contributed by atoms with van der Waals surface area (Å²) in [5.74, 6) is 0.950. The summed E-state index contributed by atoms with van der Waals surface area (Å²) >= 11 is 2.71. The molecule has 0 aliphatic carbocycles. The molecule has 0 atom stereocenters. The van der Waals surface area contributed by atoms with Crippen molar-refractivity contribution in [1.82, 2.24) is 4.37 Å². The van der Waals surface area contributed by atoms with Crippen molar-refractivity contribution in [3.8, 4) is 33.1 Å². The van der Waals surface area contributed by atoms with Crippen molar-refractivity contribution in [3.63, 3.8) is 0 Å². The van der Waals surface area contributed by atoms with Gasteiger partial charge in [-0.15, -0.1) is 11.8 Å². The lowest BCUT2D eigenvalue weighted by Crippen LogP contribution is -1.93. The third-order valence-corrected chi connectivity index (χ3v) is 6.42. The molecule has 0 fully saturated rings. The Kier molecular flexibility index (Phi) is 6.17. The molecule has 3 aromatic rings. The Bertz CT molecular complexity index is 1060.